The van der Waals surface area contributed by atoms with E-state index < -0.39 is 0 Å². The first-order valence-electron chi connectivity index (χ1n) is 5.59. The fraction of sp³-hybridized carbons (Fsp3) is 0.538. The highest BCUT2D eigenvalue weighted by atomic mass is 16.5. The molecule has 0 radical (unpaired) electrons. The number of allylic oxidation sites excluding steroid dienone is 4. The topological polar surface area (TPSA) is 9.23 Å². The summed E-state index contributed by atoms with van der Waals surface area (Å²) in [6, 6.07) is 0. The summed E-state index contributed by atoms with van der Waals surface area (Å²) in [6.07, 6.45) is 11.1. The summed E-state index contributed by atoms with van der Waals surface area (Å²) in [7, 11) is 0. The van der Waals surface area contributed by atoms with Gasteiger partial charge in [0.2, 0.25) is 0 Å². The van der Waals surface area contributed by atoms with Crippen LogP contribution in [0.2, 0.25) is 0 Å². The van der Waals surface area contributed by atoms with E-state index in [0.29, 0.717) is 6.61 Å². The zero-order valence-corrected chi connectivity index (χ0v) is 10.2. The molecule has 0 aromatic carbocycles. The van der Waals surface area contributed by atoms with Gasteiger partial charge in [0.15, 0.2) is 0 Å². The first-order chi connectivity index (χ1) is 6.93. The molecule has 0 aromatic rings. The van der Waals surface area contributed by atoms with E-state index in [9.17, 15) is 0 Å². The van der Waals surface area contributed by atoms with Gasteiger partial charge in [-0.3, -0.25) is 0 Å². The van der Waals surface area contributed by atoms with Crippen molar-refractivity contribution in [2.75, 3.05) is 6.61 Å². The highest BCUT2D eigenvalue weighted by Crippen LogP contribution is 2.05. The largest absolute Gasteiger partial charge is 0.490 e. The third-order valence-corrected chi connectivity index (χ3v) is 1.26. The number of hydrogen-bond donors (Lipinski definition) is 0. The molecule has 1 heterocycles. The van der Waals surface area contributed by atoms with E-state index in [-0.39, 0.29) is 0 Å². The van der Waals surface area contributed by atoms with Crippen LogP contribution in [0.1, 0.15) is 41.0 Å². The third-order valence-electron chi connectivity index (χ3n) is 1.26. The maximum atomic E-state index is 5.27. The molecule has 0 saturated heterocycles. The van der Waals surface area contributed by atoms with Crippen molar-refractivity contribution >= 4 is 0 Å². The van der Waals surface area contributed by atoms with E-state index in [0.717, 1.165) is 12.2 Å². The summed E-state index contributed by atoms with van der Waals surface area (Å²) in [4.78, 5) is 0. The van der Waals surface area contributed by atoms with Gasteiger partial charge in [-0.2, -0.15) is 0 Å². The van der Waals surface area contributed by atoms with Gasteiger partial charge in [-0.25, -0.2) is 0 Å². The van der Waals surface area contributed by atoms with Crippen LogP contribution >= 0.6 is 0 Å². The number of hydrogen-bond acceptors (Lipinski definition) is 1. The lowest BCUT2D eigenvalue weighted by Gasteiger charge is -2.05. The average Bonchev–Trinajstić information content (AvgIpc) is 2.33. The Hall–Kier alpha value is -0.980. The minimum absolute atomic E-state index is 0.708. The lowest BCUT2D eigenvalue weighted by Crippen LogP contribution is -1.92. The van der Waals surface area contributed by atoms with Crippen LogP contribution in [-0.2, 0) is 4.74 Å². The second kappa shape index (κ2) is 14.5. The Morgan fingerprint density at radius 2 is 1.93 bits per heavy atom. The Kier molecular flexibility index (Phi) is 16.1. The molecule has 0 saturated carbocycles. The van der Waals surface area contributed by atoms with E-state index >= 15 is 0 Å². The van der Waals surface area contributed by atoms with Crippen molar-refractivity contribution in [1.29, 1.82) is 0 Å². The molecule has 0 spiro atoms. The molecule has 0 aliphatic carbocycles. The zero-order valence-electron chi connectivity index (χ0n) is 10.2. The van der Waals surface area contributed by atoms with Gasteiger partial charge in [-0.05, 0) is 24.6 Å². The van der Waals surface area contributed by atoms with Crippen molar-refractivity contribution in [3.05, 3.63) is 36.1 Å². The maximum absolute atomic E-state index is 5.27. The van der Waals surface area contributed by atoms with Crippen LogP contribution in [0.4, 0.5) is 0 Å². The first-order valence-corrected chi connectivity index (χ1v) is 5.59. The fourth-order valence-electron chi connectivity index (χ4n) is 0.749. The monoisotopic (exact) mass is 196 g/mol. The highest BCUT2D eigenvalue weighted by molar-refractivity contribution is 5.21. The van der Waals surface area contributed by atoms with Crippen LogP contribution in [0.15, 0.2) is 36.1 Å². The van der Waals surface area contributed by atoms with Crippen molar-refractivity contribution in [2.24, 2.45) is 0 Å². The Balaban J connectivity index is 0. The zero-order chi connectivity index (χ0) is 11.2. The minimum atomic E-state index is 0.708. The molecular formula is C13H24O. The normalized spacial score (nSPS) is 13.1. The van der Waals surface area contributed by atoms with Crippen molar-refractivity contribution in [3.63, 3.8) is 0 Å². The Bertz CT molecular complexity index is 176. The summed E-state index contributed by atoms with van der Waals surface area (Å²) in [6.45, 7) is 10.8. The van der Waals surface area contributed by atoms with E-state index in [1.165, 1.54) is 0 Å². The van der Waals surface area contributed by atoms with Crippen molar-refractivity contribution in [3.8, 4) is 0 Å². The van der Waals surface area contributed by atoms with Crippen LogP contribution in [0.3, 0.4) is 0 Å². The van der Waals surface area contributed by atoms with Crippen LogP contribution in [0, 0.1) is 0 Å². The molecule has 0 bridgehead atoms. The second-order valence-electron chi connectivity index (χ2n) is 2.12. The second-order valence-corrected chi connectivity index (χ2v) is 2.12. The van der Waals surface area contributed by atoms with E-state index in [4.69, 9.17) is 4.74 Å². The van der Waals surface area contributed by atoms with Gasteiger partial charge in [-0.1, -0.05) is 46.8 Å². The van der Waals surface area contributed by atoms with Crippen LogP contribution < -0.4 is 0 Å². The molecule has 82 valence electrons. The maximum Gasteiger partial charge on any atom is 0.119 e. The van der Waals surface area contributed by atoms with Crippen LogP contribution in [-0.4, -0.2) is 6.61 Å². The molecule has 1 rings (SSSR count). The van der Waals surface area contributed by atoms with E-state index in [1.54, 1.807) is 0 Å². The van der Waals surface area contributed by atoms with Crippen molar-refractivity contribution < 1.29 is 4.74 Å². The quantitative estimate of drug-likeness (QED) is 0.633. The van der Waals surface area contributed by atoms with Crippen LogP contribution in [0.25, 0.3) is 0 Å². The van der Waals surface area contributed by atoms with Gasteiger partial charge in [0, 0.05) is 0 Å². The van der Waals surface area contributed by atoms with Crippen LogP contribution in [0.5, 0.6) is 0 Å². The lowest BCUT2D eigenvalue weighted by molar-refractivity contribution is 0.257. The summed E-state index contributed by atoms with van der Waals surface area (Å²) < 4.78 is 5.27. The van der Waals surface area contributed by atoms with E-state index in [2.05, 4.69) is 13.0 Å². The standard InChI is InChI=1S/C9H12O.2C2H6/c1-2-3-6-9-7-4-5-8-10-9;2*1-2/h3-7H,2,8H2,1H3;2*1-2H3/b6-3+;;. The first kappa shape index (κ1) is 15.5. The molecule has 0 atom stereocenters. The summed E-state index contributed by atoms with van der Waals surface area (Å²) in [5.74, 6) is 0.962. The summed E-state index contributed by atoms with van der Waals surface area (Å²) in [5, 5.41) is 0. The van der Waals surface area contributed by atoms with Gasteiger partial charge in [0.25, 0.3) is 0 Å². The Labute approximate surface area is 89.2 Å². The lowest BCUT2D eigenvalue weighted by atomic mass is 10.3. The predicted molar refractivity (Wildman–Crippen MR) is 65.3 cm³/mol. The molecular weight excluding hydrogens is 172 g/mol. The smallest absolute Gasteiger partial charge is 0.119 e. The van der Waals surface area contributed by atoms with Crippen molar-refractivity contribution in [1.82, 2.24) is 0 Å². The molecule has 1 heteroatoms. The Morgan fingerprint density at radius 1 is 1.29 bits per heavy atom. The molecule has 0 aromatic heterocycles. The van der Waals surface area contributed by atoms with Gasteiger partial charge in [-0.15, -0.1) is 0 Å². The van der Waals surface area contributed by atoms with E-state index in [1.807, 2.05) is 52.0 Å². The molecule has 1 aliphatic heterocycles. The average molecular weight is 196 g/mol. The minimum Gasteiger partial charge on any atom is -0.490 e. The van der Waals surface area contributed by atoms with Gasteiger partial charge < -0.3 is 4.74 Å². The molecule has 0 N–H and O–H groups in total. The molecule has 1 nitrogen and oxygen atoms in total. The molecule has 0 unspecified atom stereocenters. The van der Waals surface area contributed by atoms with Gasteiger partial charge >= 0.3 is 0 Å². The highest BCUT2D eigenvalue weighted by Gasteiger charge is 1.92. The van der Waals surface area contributed by atoms with Crippen molar-refractivity contribution in [2.45, 2.75) is 41.0 Å². The number of ether oxygens (including phenoxy) is 1. The third kappa shape index (κ3) is 9.11. The SMILES string of the molecule is CC.CC.CC/C=C/C1=CC=CCO1. The fourth-order valence-corrected chi connectivity index (χ4v) is 0.749. The molecule has 0 amide bonds. The number of rotatable bonds is 2. The summed E-state index contributed by atoms with van der Waals surface area (Å²) >= 11 is 0. The Morgan fingerprint density at radius 3 is 2.36 bits per heavy atom. The van der Waals surface area contributed by atoms with Gasteiger partial charge in [0.05, 0.1) is 0 Å². The van der Waals surface area contributed by atoms with Gasteiger partial charge in [0.1, 0.15) is 12.4 Å². The summed E-state index contributed by atoms with van der Waals surface area (Å²) in [5.41, 5.74) is 0. The predicted octanol–water partition coefficient (Wildman–Crippen LogP) is 4.48. The molecule has 14 heavy (non-hydrogen) atoms. The molecule has 0 fully saturated rings. The molecule has 1 aliphatic rings.